The number of halogens is 2. The van der Waals surface area contributed by atoms with Crippen molar-refractivity contribution in [3.63, 3.8) is 0 Å². The molecule has 3 aromatic rings. The lowest BCUT2D eigenvalue weighted by Gasteiger charge is -2.08. The van der Waals surface area contributed by atoms with Crippen molar-refractivity contribution in [3.05, 3.63) is 72.8 Å². The molecule has 3 rings (SSSR count). The van der Waals surface area contributed by atoms with Crippen LogP contribution in [0.4, 0.5) is 5.69 Å². The normalized spacial score (nSPS) is 11.0. The third kappa shape index (κ3) is 5.05. The van der Waals surface area contributed by atoms with Gasteiger partial charge in [0.05, 0.1) is 17.2 Å². The number of aryl methyl sites for hydroxylation is 3. The second kappa shape index (κ2) is 9.49. The van der Waals surface area contributed by atoms with Crippen molar-refractivity contribution in [2.24, 2.45) is 0 Å². The van der Waals surface area contributed by atoms with E-state index in [9.17, 15) is 14.9 Å². The van der Waals surface area contributed by atoms with E-state index in [1.807, 2.05) is 12.1 Å². The topological polar surface area (TPSA) is 108 Å². The fourth-order valence-corrected chi connectivity index (χ4v) is 3.65. The first-order chi connectivity index (χ1) is 14.7. The summed E-state index contributed by atoms with van der Waals surface area (Å²) in [5.74, 6) is -0.186. The van der Waals surface area contributed by atoms with E-state index in [2.05, 4.69) is 15.5 Å². The van der Waals surface area contributed by atoms with Gasteiger partial charge in [0.2, 0.25) is 0 Å². The van der Waals surface area contributed by atoms with E-state index in [4.69, 9.17) is 23.2 Å². The summed E-state index contributed by atoms with van der Waals surface area (Å²) in [7, 11) is 0. The van der Waals surface area contributed by atoms with Crippen LogP contribution in [0.1, 0.15) is 39.4 Å². The molecule has 1 amide bonds. The third-order valence-corrected chi connectivity index (χ3v) is 5.84. The van der Waals surface area contributed by atoms with Crippen LogP contribution in [0, 0.1) is 30.9 Å². The standard InChI is InChI=1S/C20H22Cl2N6O3/c1-12-17(21)19(22)26(24-12)10-4-9-23-20(29)16-7-5-15(6-8-16)11-27-14(3)18(28(30)31)13(2)25-27/h5-8H,4,9-11H2,1-3H3,(H,23,29). The molecule has 2 aromatic heterocycles. The van der Waals surface area contributed by atoms with Gasteiger partial charge >= 0.3 is 5.69 Å². The molecule has 0 saturated carbocycles. The van der Waals surface area contributed by atoms with Crippen LogP contribution in [0.2, 0.25) is 10.2 Å². The van der Waals surface area contributed by atoms with Gasteiger partial charge in [0.25, 0.3) is 5.91 Å². The lowest BCUT2D eigenvalue weighted by molar-refractivity contribution is -0.386. The zero-order valence-electron chi connectivity index (χ0n) is 17.4. The predicted molar refractivity (Wildman–Crippen MR) is 118 cm³/mol. The summed E-state index contributed by atoms with van der Waals surface area (Å²) in [6.07, 6.45) is 0.650. The lowest BCUT2D eigenvalue weighted by atomic mass is 10.1. The molecule has 0 aliphatic rings. The van der Waals surface area contributed by atoms with Crippen LogP contribution in [-0.2, 0) is 13.1 Å². The van der Waals surface area contributed by atoms with E-state index in [1.165, 1.54) is 0 Å². The second-order valence-electron chi connectivity index (χ2n) is 7.15. The van der Waals surface area contributed by atoms with Gasteiger partial charge in [0, 0.05) is 18.7 Å². The molecular formula is C20H22Cl2N6O3. The number of amides is 1. The number of rotatable bonds is 8. The van der Waals surface area contributed by atoms with Crippen LogP contribution in [0.3, 0.4) is 0 Å². The Bertz CT molecular complexity index is 1120. The Hall–Kier alpha value is -2.91. The molecule has 31 heavy (non-hydrogen) atoms. The first-order valence-electron chi connectivity index (χ1n) is 9.63. The molecule has 11 heteroatoms. The van der Waals surface area contributed by atoms with Crippen molar-refractivity contribution in [3.8, 4) is 0 Å². The van der Waals surface area contributed by atoms with Crippen molar-refractivity contribution in [2.45, 2.75) is 40.3 Å². The molecule has 0 unspecified atom stereocenters. The van der Waals surface area contributed by atoms with Gasteiger partial charge in [-0.05, 0) is 44.9 Å². The van der Waals surface area contributed by atoms with Crippen molar-refractivity contribution in [2.75, 3.05) is 6.54 Å². The number of aromatic nitrogens is 4. The fraction of sp³-hybridized carbons (Fsp3) is 0.350. The van der Waals surface area contributed by atoms with E-state index in [1.54, 1.807) is 42.3 Å². The summed E-state index contributed by atoms with van der Waals surface area (Å²) in [6.45, 7) is 6.46. The first-order valence-corrected chi connectivity index (χ1v) is 10.4. The van der Waals surface area contributed by atoms with Gasteiger partial charge in [-0.25, -0.2) is 0 Å². The van der Waals surface area contributed by atoms with E-state index in [-0.39, 0.29) is 11.6 Å². The maximum atomic E-state index is 12.4. The maximum absolute atomic E-state index is 12.4. The molecule has 0 aliphatic heterocycles. The number of carbonyl (C=O) groups excluding carboxylic acids is 1. The van der Waals surface area contributed by atoms with Crippen LogP contribution < -0.4 is 5.32 Å². The Morgan fingerprint density at radius 1 is 1.10 bits per heavy atom. The Morgan fingerprint density at radius 2 is 1.74 bits per heavy atom. The van der Waals surface area contributed by atoms with Crippen LogP contribution >= 0.6 is 23.2 Å². The quantitative estimate of drug-likeness (QED) is 0.306. The summed E-state index contributed by atoms with van der Waals surface area (Å²) in [5, 5.41) is 23.3. The molecule has 0 saturated heterocycles. The second-order valence-corrected chi connectivity index (χ2v) is 7.89. The van der Waals surface area contributed by atoms with Gasteiger partial charge in [0.1, 0.15) is 21.6 Å². The van der Waals surface area contributed by atoms with Gasteiger partial charge in [-0.2, -0.15) is 10.2 Å². The SMILES string of the molecule is Cc1nn(CCCNC(=O)c2ccc(Cn3nc(C)c([N+](=O)[O-])c3C)cc2)c(Cl)c1Cl. The van der Waals surface area contributed by atoms with E-state index >= 15 is 0 Å². The predicted octanol–water partition coefficient (Wildman–Crippen LogP) is 4.09. The van der Waals surface area contributed by atoms with Gasteiger partial charge in [0.15, 0.2) is 0 Å². The number of benzene rings is 1. The third-order valence-electron chi connectivity index (χ3n) is 4.90. The molecule has 0 radical (unpaired) electrons. The minimum absolute atomic E-state index is 0.0322. The summed E-state index contributed by atoms with van der Waals surface area (Å²) in [5.41, 5.74) is 3.00. The molecule has 0 bridgehead atoms. The number of carbonyl (C=O) groups is 1. The first kappa shape index (κ1) is 22.8. The minimum atomic E-state index is -0.419. The zero-order valence-corrected chi connectivity index (χ0v) is 18.9. The summed E-state index contributed by atoms with van der Waals surface area (Å²) < 4.78 is 3.21. The highest BCUT2D eigenvalue weighted by Crippen LogP contribution is 2.25. The zero-order chi connectivity index (χ0) is 22.7. The number of hydrogen-bond acceptors (Lipinski definition) is 5. The molecular weight excluding hydrogens is 443 g/mol. The van der Waals surface area contributed by atoms with E-state index in [0.29, 0.717) is 58.9 Å². The molecule has 1 aromatic carbocycles. The monoisotopic (exact) mass is 464 g/mol. The van der Waals surface area contributed by atoms with Crippen LogP contribution in [0.15, 0.2) is 24.3 Å². The molecule has 9 nitrogen and oxygen atoms in total. The number of nitrogens with one attached hydrogen (secondary N) is 1. The van der Waals surface area contributed by atoms with E-state index < -0.39 is 4.92 Å². The summed E-state index contributed by atoms with van der Waals surface area (Å²) in [6, 6.07) is 7.06. The van der Waals surface area contributed by atoms with Gasteiger partial charge in [-0.15, -0.1) is 0 Å². The Labute approximate surface area is 189 Å². The smallest absolute Gasteiger partial charge is 0.312 e. The van der Waals surface area contributed by atoms with Crippen molar-refractivity contribution in [1.29, 1.82) is 0 Å². The molecule has 0 spiro atoms. The Morgan fingerprint density at radius 3 is 2.29 bits per heavy atom. The highest BCUT2D eigenvalue weighted by atomic mass is 35.5. The van der Waals surface area contributed by atoms with Gasteiger partial charge < -0.3 is 5.32 Å². The molecule has 0 fully saturated rings. The minimum Gasteiger partial charge on any atom is -0.352 e. The van der Waals surface area contributed by atoms with Crippen molar-refractivity contribution in [1.82, 2.24) is 24.9 Å². The maximum Gasteiger partial charge on any atom is 0.312 e. The average molecular weight is 465 g/mol. The number of nitro groups is 1. The van der Waals surface area contributed by atoms with Crippen molar-refractivity contribution >= 4 is 34.8 Å². The van der Waals surface area contributed by atoms with Crippen LogP contribution in [0.25, 0.3) is 0 Å². The molecule has 164 valence electrons. The van der Waals surface area contributed by atoms with Crippen LogP contribution in [0.5, 0.6) is 0 Å². The van der Waals surface area contributed by atoms with Gasteiger partial charge in [-0.3, -0.25) is 24.3 Å². The molecule has 0 aliphatic carbocycles. The Kier molecular flexibility index (Phi) is 6.97. The molecule has 2 heterocycles. The van der Waals surface area contributed by atoms with Gasteiger partial charge in [-0.1, -0.05) is 35.3 Å². The highest BCUT2D eigenvalue weighted by Gasteiger charge is 2.21. The van der Waals surface area contributed by atoms with Crippen LogP contribution in [-0.4, -0.2) is 36.9 Å². The fourth-order valence-electron chi connectivity index (χ4n) is 3.25. The molecule has 1 N–H and O–H groups in total. The number of hydrogen-bond donors (Lipinski definition) is 1. The molecule has 0 atom stereocenters. The largest absolute Gasteiger partial charge is 0.352 e. The highest BCUT2D eigenvalue weighted by molar-refractivity contribution is 6.41. The lowest BCUT2D eigenvalue weighted by Crippen LogP contribution is -2.25. The summed E-state index contributed by atoms with van der Waals surface area (Å²) >= 11 is 12.1. The average Bonchev–Trinajstić information content (AvgIpc) is 3.14. The van der Waals surface area contributed by atoms with Crippen molar-refractivity contribution < 1.29 is 9.72 Å². The van der Waals surface area contributed by atoms with E-state index in [0.717, 1.165) is 5.56 Å². The number of nitrogens with zero attached hydrogens (tertiary/aromatic N) is 5. The Balaban J connectivity index is 1.54. The summed E-state index contributed by atoms with van der Waals surface area (Å²) in [4.78, 5) is 23.1.